The quantitative estimate of drug-likeness (QED) is 0.779. The molecule has 0 saturated heterocycles. The van der Waals surface area contributed by atoms with Gasteiger partial charge in [-0.2, -0.15) is 0 Å². The van der Waals surface area contributed by atoms with E-state index in [2.05, 4.69) is 0 Å². The Morgan fingerprint density at radius 3 is 2.09 bits per heavy atom. The lowest BCUT2D eigenvalue weighted by molar-refractivity contribution is -0.141. The Bertz CT molecular complexity index is 640. The van der Waals surface area contributed by atoms with Crippen LogP contribution in [0.5, 0.6) is 0 Å². The van der Waals surface area contributed by atoms with E-state index < -0.39 is 24.0 Å². The van der Waals surface area contributed by atoms with Gasteiger partial charge >= 0.3 is 0 Å². The largest absolute Gasteiger partial charge is 0.384 e. The van der Waals surface area contributed by atoms with E-state index in [4.69, 9.17) is 9.47 Å². The Morgan fingerprint density at radius 1 is 0.913 bits per heavy atom. The van der Waals surface area contributed by atoms with Crippen molar-refractivity contribution >= 4 is 0 Å². The van der Waals surface area contributed by atoms with E-state index in [1.54, 1.807) is 24.3 Å². The van der Waals surface area contributed by atoms with Crippen LogP contribution in [0.2, 0.25) is 0 Å². The molecule has 0 radical (unpaired) electrons. The summed E-state index contributed by atoms with van der Waals surface area (Å²) in [5.41, 5.74) is 1.09. The van der Waals surface area contributed by atoms with E-state index >= 15 is 0 Å². The molecule has 2 rings (SSSR count). The molecule has 124 valence electrons. The molecule has 23 heavy (non-hydrogen) atoms. The fourth-order valence-electron chi connectivity index (χ4n) is 2.40. The second-order valence-corrected chi connectivity index (χ2v) is 4.94. The number of hydrogen-bond donors (Lipinski definition) is 1. The van der Waals surface area contributed by atoms with Crippen molar-refractivity contribution in [2.75, 3.05) is 13.2 Å². The summed E-state index contributed by atoms with van der Waals surface area (Å²) < 4.78 is 38.1. The second-order valence-electron chi connectivity index (χ2n) is 4.94. The van der Waals surface area contributed by atoms with Gasteiger partial charge in [0.15, 0.2) is 6.29 Å². The van der Waals surface area contributed by atoms with E-state index in [0.29, 0.717) is 24.3 Å². The average Bonchev–Trinajstić information content (AvgIpc) is 2.54. The van der Waals surface area contributed by atoms with Crippen LogP contribution in [0.3, 0.4) is 0 Å². The molecule has 1 unspecified atom stereocenters. The van der Waals surface area contributed by atoms with Crippen LogP contribution in [0.4, 0.5) is 8.78 Å². The maximum absolute atomic E-state index is 14.0. The van der Waals surface area contributed by atoms with Crippen molar-refractivity contribution in [3.63, 3.8) is 0 Å². The zero-order valence-electron chi connectivity index (χ0n) is 13.1. The van der Waals surface area contributed by atoms with Gasteiger partial charge < -0.3 is 14.6 Å². The van der Waals surface area contributed by atoms with Crippen molar-refractivity contribution in [1.29, 1.82) is 0 Å². The molecule has 0 aliphatic heterocycles. The van der Waals surface area contributed by atoms with Crippen molar-refractivity contribution in [3.05, 3.63) is 70.8 Å². The van der Waals surface area contributed by atoms with Gasteiger partial charge in [-0.1, -0.05) is 30.3 Å². The molecular formula is C18H20F2O3. The SMILES string of the molecule is CCOC(OCC)c1ccccc1C(O)c1ccc(F)cc1F. The molecule has 0 bridgehead atoms. The lowest BCUT2D eigenvalue weighted by atomic mass is 9.96. The highest BCUT2D eigenvalue weighted by Gasteiger charge is 2.23. The van der Waals surface area contributed by atoms with Gasteiger partial charge in [0.05, 0.1) is 0 Å². The first-order chi connectivity index (χ1) is 11.1. The minimum absolute atomic E-state index is 0.00518. The third-order valence-electron chi connectivity index (χ3n) is 3.44. The third kappa shape index (κ3) is 4.13. The minimum Gasteiger partial charge on any atom is -0.384 e. The van der Waals surface area contributed by atoms with E-state index in [1.807, 2.05) is 13.8 Å². The van der Waals surface area contributed by atoms with Crippen molar-refractivity contribution in [2.24, 2.45) is 0 Å². The number of aliphatic hydroxyl groups is 1. The van der Waals surface area contributed by atoms with Crippen LogP contribution in [0.1, 0.15) is 42.9 Å². The maximum atomic E-state index is 14.0. The molecule has 0 aliphatic carbocycles. The summed E-state index contributed by atoms with van der Waals surface area (Å²) >= 11 is 0. The number of aliphatic hydroxyl groups excluding tert-OH is 1. The molecule has 5 heteroatoms. The first kappa shape index (κ1) is 17.5. The highest BCUT2D eigenvalue weighted by Crippen LogP contribution is 2.32. The van der Waals surface area contributed by atoms with Gasteiger partial charge in [0.1, 0.15) is 17.7 Å². The fourth-order valence-corrected chi connectivity index (χ4v) is 2.40. The number of benzene rings is 2. The monoisotopic (exact) mass is 322 g/mol. The average molecular weight is 322 g/mol. The number of halogens is 2. The molecule has 0 aromatic heterocycles. The standard InChI is InChI=1S/C18H20F2O3/c1-3-22-18(23-4-2)14-8-6-5-7-13(14)17(21)15-10-9-12(19)11-16(15)20/h5-11,17-18,21H,3-4H2,1-2H3. The van der Waals surface area contributed by atoms with Crippen molar-refractivity contribution in [2.45, 2.75) is 26.2 Å². The Hall–Kier alpha value is -1.82. The lowest BCUT2D eigenvalue weighted by Crippen LogP contribution is -2.14. The van der Waals surface area contributed by atoms with Gasteiger partial charge in [0.2, 0.25) is 0 Å². The van der Waals surface area contributed by atoms with Crippen LogP contribution in [-0.4, -0.2) is 18.3 Å². The Morgan fingerprint density at radius 2 is 1.52 bits per heavy atom. The third-order valence-corrected chi connectivity index (χ3v) is 3.44. The zero-order chi connectivity index (χ0) is 16.8. The van der Waals surface area contributed by atoms with Gasteiger partial charge in [-0.25, -0.2) is 8.78 Å². The summed E-state index contributed by atoms with van der Waals surface area (Å²) in [7, 11) is 0. The predicted octanol–water partition coefficient (Wildman–Crippen LogP) is 4.12. The van der Waals surface area contributed by atoms with Gasteiger partial charge in [-0.05, 0) is 25.5 Å². The summed E-state index contributed by atoms with van der Waals surface area (Å²) in [5.74, 6) is -1.48. The van der Waals surface area contributed by atoms with E-state index in [0.717, 1.165) is 12.1 Å². The molecule has 2 aromatic rings. The number of hydrogen-bond acceptors (Lipinski definition) is 3. The van der Waals surface area contributed by atoms with Crippen LogP contribution in [-0.2, 0) is 9.47 Å². The van der Waals surface area contributed by atoms with Gasteiger partial charge in [-0.3, -0.25) is 0 Å². The summed E-state index contributed by atoms with van der Waals surface area (Å²) in [4.78, 5) is 0. The maximum Gasteiger partial charge on any atom is 0.184 e. The molecule has 0 saturated carbocycles. The number of rotatable bonds is 7. The highest BCUT2D eigenvalue weighted by molar-refractivity contribution is 5.37. The van der Waals surface area contributed by atoms with Crippen molar-refractivity contribution in [1.82, 2.24) is 0 Å². The summed E-state index contributed by atoms with van der Waals surface area (Å²) in [5, 5.41) is 10.6. The molecule has 0 heterocycles. The van der Waals surface area contributed by atoms with Crippen LogP contribution in [0.25, 0.3) is 0 Å². The van der Waals surface area contributed by atoms with Gasteiger partial charge in [-0.15, -0.1) is 0 Å². The van der Waals surface area contributed by atoms with Crippen LogP contribution < -0.4 is 0 Å². The molecule has 3 nitrogen and oxygen atoms in total. The van der Waals surface area contributed by atoms with Crippen molar-refractivity contribution in [3.8, 4) is 0 Å². The summed E-state index contributed by atoms with van der Waals surface area (Å²) in [6.45, 7) is 4.54. The Labute approximate surface area is 134 Å². The van der Waals surface area contributed by atoms with Crippen LogP contribution in [0.15, 0.2) is 42.5 Å². The topological polar surface area (TPSA) is 38.7 Å². The molecule has 0 amide bonds. The molecule has 0 spiro atoms. The fraction of sp³-hybridized carbons (Fsp3) is 0.333. The van der Waals surface area contributed by atoms with Gasteiger partial charge in [0, 0.05) is 30.4 Å². The van der Waals surface area contributed by atoms with E-state index in [1.165, 1.54) is 6.07 Å². The van der Waals surface area contributed by atoms with Crippen LogP contribution >= 0.6 is 0 Å². The van der Waals surface area contributed by atoms with Crippen molar-refractivity contribution < 1.29 is 23.4 Å². The number of ether oxygens (including phenoxy) is 2. The Balaban J connectivity index is 2.42. The first-order valence-electron chi connectivity index (χ1n) is 7.53. The smallest absolute Gasteiger partial charge is 0.184 e. The zero-order valence-corrected chi connectivity index (χ0v) is 13.1. The molecule has 2 aromatic carbocycles. The minimum atomic E-state index is -1.24. The highest BCUT2D eigenvalue weighted by atomic mass is 19.1. The van der Waals surface area contributed by atoms with E-state index in [-0.39, 0.29) is 5.56 Å². The molecule has 0 fully saturated rings. The molecular weight excluding hydrogens is 302 g/mol. The van der Waals surface area contributed by atoms with Crippen LogP contribution in [0, 0.1) is 11.6 Å². The van der Waals surface area contributed by atoms with E-state index in [9.17, 15) is 13.9 Å². The summed E-state index contributed by atoms with van der Waals surface area (Å²) in [6, 6.07) is 10.1. The Kier molecular flexibility index (Phi) is 6.21. The first-order valence-corrected chi connectivity index (χ1v) is 7.53. The molecule has 1 N–H and O–H groups in total. The summed E-state index contributed by atoms with van der Waals surface area (Å²) in [6.07, 6.45) is -1.89. The van der Waals surface area contributed by atoms with Gasteiger partial charge in [0.25, 0.3) is 0 Å². The predicted molar refractivity (Wildman–Crippen MR) is 82.9 cm³/mol. The lowest BCUT2D eigenvalue weighted by Gasteiger charge is -2.23. The normalized spacial score (nSPS) is 12.6. The molecule has 1 atom stereocenters. The second kappa shape index (κ2) is 8.15. The molecule has 0 aliphatic rings.